The minimum atomic E-state index is 0.618. The van der Waals surface area contributed by atoms with Crippen molar-refractivity contribution >= 4 is 5.69 Å². The van der Waals surface area contributed by atoms with E-state index in [1.165, 1.54) is 29.9 Å². The zero-order valence-electron chi connectivity index (χ0n) is 15.7. The van der Waals surface area contributed by atoms with Gasteiger partial charge in [-0.15, -0.1) is 0 Å². The lowest BCUT2D eigenvalue weighted by atomic mass is 10.2. The smallest absolute Gasteiger partial charge is 0.119 e. The number of hydrogen-bond donors (Lipinski definition) is 1. The van der Waals surface area contributed by atoms with Gasteiger partial charge in [-0.3, -0.25) is 0 Å². The molecule has 27 heavy (non-hydrogen) atoms. The monoisotopic (exact) mass is 359 g/mol. The molecule has 3 heteroatoms. The van der Waals surface area contributed by atoms with Crippen LogP contribution in [0.3, 0.4) is 0 Å². The van der Waals surface area contributed by atoms with Gasteiger partial charge in [0.1, 0.15) is 18.9 Å². The summed E-state index contributed by atoms with van der Waals surface area (Å²) in [7, 11) is 0. The van der Waals surface area contributed by atoms with E-state index < -0.39 is 0 Å². The SMILES string of the molecule is c1ccc(COc2ccc(C[NH+]3CCN(c4ccccc4)CC3)cc2)cc1. The Labute approximate surface area is 161 Å². The first-order chi connectivity index (χ1) is 13.4. The highest BCUT2D eigenvalue weighted by Gasteiger charge is 2.20. The van der Waals surface area contributed by atoms with Gasteiger partial charge in [0.15, 0.2) is 0 Å². The third-order valence-electron chi connectivity index (χ3n) is 5.22. The molecule has 3 nitrogen and oxygen atoms in total. The van der Waals surface area contributed by atoms with Crippen molar-refractivity contribution in [1.82, 2.24) is 0 Å². The summed E-state index contributed by atoms with van der Waals surface area (Å²) in [4.78, 5) is 4.14. The van der Waals surface area contributed by atoms with Gasteiger partial charge in [0.2, 0.25) is 0 Å². The minimum Gasteiger partial charge on any atom is -0.489 e. The van der Waals surface area contributed by atoms with Crippen molar-refractivity contribution in [1.29, 1.82) is 0 Å². The van der Waals surface area contributed by atoms with E-state index in [4.69, 9.17) is 4.74 Å². The second-order valence-corrected chi connectivity index (χ2v) is 7.17. The highest BCUT2D eigenvalue weighted by atomic mass is 16.5. The van der Waals surface area contributed by atoms with E-state index in [9.17, 15) is 0 Å². The van der Waals surface area contributed by atoms with Crippen LogP contribution in [0.2, 0.25) is 0 Å². The number of hydrogen-bond acceptors (Lipinski definition) is 2. The zero-order valence-corrected chi connectivity index (χ0v) is 15.7. The molecule has 3 aromatic rings. The van der Waals surface area contributed by atoms with Crippen LogP contribution < -0.4 is 14.5 Å². The number of ether oxygens (including phenoxy) is 1. The second-order valence-electron chi connectivity index (χ2n) is 7.17. The summed E-state index contributed by atoms with van der Waals surface area (Å²) in [6.45, 7) is 6.31. The number of para-hydroxylation sites is 1. The van der Waals surface area contributed by atoms with Crippen molar-refractivity contribution in [2.75, 3.05) is 31.1 Å². The summed E-state index contributed by atoms with van der Waals surface area (Å²) < 4.78 is 5.89. The van der Waals surface area contributed by atoms with Crippen LogP contribution in [0.4, 0.5) is 5.69 Å². The van der Waals surface area contributed by atoms with E-state index in [1.807, 2.05) is 18.2 Å². The van der Waals surface area contributed by atoms with Crippen molar-refractivity contribution in [3.05, 3.63) is 96.1 Å². The Hall–Kier alpha value is -2.78. The lowest BCUT2D eigenvalue weighted by molar-refractivity contribution is -0.914. The van der Waals surface area contributed by atoms with Crippen LogP contribution in [0.25, 0.3) is 0 Å². The summed E-state index contributed by atoms with van der Waals surface area (Å²) in [6, 6.07) is 29.6. The van der Waals surface area contributed by atoms with E-state index in [-0.39, 0.29) is 0 Å². The summed E-state index contributed by atoms with van der Waals surface area (Å²) in [6.07, 6.45) is 0. The molecular formula is C24H27N2O+. The molecule has 1 aliphatic heterocycles. The molecule has 0 saturated carbocycles. The molecular weight excluding hydrogens is 332 g/mol. The largest absolute Gasteiger partial charge is 0.489 e. The van der Waals surface area contributed by atoms with Gasteiger partial charge in [-0.1, -0.05) is 48.5 Å². The molecule has 4 rings (SSSR count). The number of piperazine rings is 1. The van der Waals surface area contributed by atoms with E-state index in [0.717, 1.165) is 25.4 Å². The summed E-state index contributed by atoms with van der Waals surface area (Å²) in [5.74, 6) is 0.937. The first-order valence-corrected chi connectivity index (χ1v) is 9.76. The maximum atomic E-state index is 5.89. The van der Waals surface area contributed by atoms with Gasteiger partial charge in [0.25, 0.3) is 0 Å². The van der Waals surface area contributed by atoms with Crippen LogP contribution in [0.5, 0.6) is 5.75 Å². The quantitative estimate of drug-likeness (QED) is 0.728. The van der Waals surface area contributed by atoms with Crippen LogP contribution in [0, 0.1) is 0 Å². The van der Waals surface area contributed by atoms with Crippen LogP contribution >= 0.6 is 0 Å². The van der Waals surface area contributed by atoms with Crippen molar-refractivity contribution < 1.29 is 9.64 Å². The highest BCUT2D eigenvalue weighted by molar-refractivity contribution is 5.46. The molecule has 0 aliphatic carbocycles. The van der Waals surface area contributed by atoms with Crippen molar-refractivity contribution in [3.63, 3.8) is 0 Å². The fourth-order valence-corrected chi connectivity index (χ4v) is 3.63. The summed E-state index contributed by atoms with van der Waals surface area (Å²) in [5.41, 5.74) is 3.92. The molecule has 0 amide bonds. The van der Waals surface area contributed by atoms with Gasteiger partial charge in [-0.25, -0.2) is 0 Å². The number of anilines is 1. The van der Waals surface area contributed by atoms with Crippen LogP contribution in [-0.4, -0.2) is 26.2 Å². The Morgan fingerprint density at radius 2 is 1.33 bits per heavy atom. The predicted molar refractivity (Wildman–Crippen MR) is 110 cm³/mol. The predicted octanol–water partition coefficient (Wildman–Crippen LogP) is 3.17. The van der Waals surface area contributed by atoms with Crippen molar-refractivity contribution in [2.24, 2.45) is 0 Å². The van der Waals surface area contributed by atoms with Crippen LogP contribution in [0.1, 0.15) is 11.1 Å². The summed E-state index contributed by atoms with van der Waals surface area (Å²) in [5, 5.41) is 0. The van der Waals surface area contributed by atoms with Gasteiger partial charge in [0.05, 0.1) is 26.2 Å². The Balaban J connectivity index is 1.25. The van der Waals surface area contributed by atoms with E-state index in [0.29, 0.717) is 6.61 Å². The molecule has 0 aromatic heterocycles. The molecule has 1 saturated heterocycles. The normalized spacial score (nSPS) is 14.9. The second kappa shape index (κ2) is 8.74. The fourth-order valence-electron chi connectivity index (χ4n) is 3.63. The van der Waals surface area contributed by atoms with Crippen molar-refractivity contribution in [2.45, 2.75) is 13.2 Å². The molecule has 0 bridgehead atoms. The number of quaternary nitrogens is 1. The van der Waals surface area contributed by atoms with Crippen LogP contribution in [0.15, 0.2) is 84.9 Å². The molecule has 1 heterocycles. The Morgan fingerprint density at radius 1 is 0.704 bits per heavy atom. The Kier molecular flexibility index (Phi) is 5.70. The van der Waals surface area contributed by atoms with Crippen LogP contribution in [-0.2, 0) is 13.2 Å². The van der Waals surface area contributed by atoms with Gasteiger partial charge in [0, 0.05) is 11.3 Å². The average Bonchev–Trinajstić information content (AvgIpc) is 2.75. The number of nitrogens with zero attached hydrogens (tertiary/aromatic N) is 1. The number of rotatable bonds is 6. The first kappa shape index (κ1) is 17.6. The molecule has 1 N–H and O–H groups in total. The van der Waals surface area contributed by atoms with E-state index >= 15 is 0 Å². The zero-order chi connectivity index (χ0) is 18.3. The maximum Gasteiger partial charge on any atom is 0.119 e. The lowest BCUT2D eigenvalue weighted by Gasteiger charge is -2.33. The maximum absolute atomic E-state index is 5.89. The fraction of sp³-hybridized carbons (Fsp3) is 0.250. The third-order valence-corrected chi connectivity index (χ3v) is 5.22. The molecule has 0 spiro atoms. The molecule has 0 radical (unpaired) electrons. The lowest BCUT2D eigenvalue weighted by Crippen LogP contribution is -3.13. The molecule has 1 fully saturated rings. The average molecular weight is 359 g/mol. The number of nitrogens with one attached hydrogen (secondary N) is 1. The molecule has 0 atom stereocenters. The topological polar surface area (TPSA) is 16.9 Å². The number of benzene rings is 3. The van der Waals surface area contributed by atoms with E-state index in [2.05, 4.69) is 71.6 Å². The van der Waals surface area contributed by atoms with Gasteiger partial charge >= 0.3 is 0 Å². The highest BCUT2D eigenvalue weighted by Crippen LogP contribution is 2.15. The Bertz CT molecular complexity index is 810. The minimum absolute atomic E-state index is 0.618. The molecule has 1 aliphatic rings. The third kappa shape index (κ3) is 4.89. The summed E-state index contributed by atoms with van der Waals surface area (Å²) >= 11 is 0. The molecule has 0 unspecified atom stereocenters. The first-order valence-electron chi connectivity index (χ1n) is 9.76. The Morgan fingerprint density at radius 3 is 2.00 bits per heavy atom. The van der Waals surface area contributed by atoms with Gasteiger partial charge in [-0.05, 0) is 42.0 Å². The molecule has 138 valence electrons. The standard InChI is InChI=1S/C24H26N2O/c1-3-7-22(8-4-1)20-27-24-13-11-21(12-14-24)19-25-15-17-26(18-16-25)23-9-5-2-6-10-23/h1-14H,15-20H2/p+1. The van der Waals surface area contributed by atoms with E-state index in [1.54, 1.807) is 4.90 Å². The molecule has 3 aromatic carbocycles. The van der Waals surface area contributed by atoms with Crippen molar-refractivity contribution in [3.8, 4) is 5.75 Å². The van der Waals surface area contributed by atoms with Gasteiger partial charge < -0.3 is 14.5 Å². The van der Waals surface area contributed by atoms with Gasteiger partial charge in [-0.2, -0.15) is 0 Å².